The summed E-state index contributed by atoms with van der Waals surface area (Å²) in [4.78, 5) is 31.0. The molecule has 1 fully saturated rings. The van der Waals surface area contributed by atoms with E-state index in [1.54, 1.807) is 24.0 Å². The summed E-state index contributed by atoms with van der Waals surface area (Å²) in [5, 5.41) is 3.08. The molecule has 0 radical (unpaired) electrons. The molecule has 1 aromatic carbocycles. The van der Waals surface area contributed by atoms with E-state index in [9.17, 15) is 14.0 Å². The Balaban J connectivity index is 1.61. The number of hydrogen-bond donors (Lipinski definition) is 1. The fourth-order valence-corrected chi connectivity index (χ4v) is 3.61. The van der Waals surface area contributed by atoms with E-state index in [0.29, 0.717) is 23.4 Å². The smallest absolute Gasteiger partial charge is 0.272 e. The molecule has 1 unspecified atom stereocenters. The molecule has 1 atom stereocenters. The number of aromatic nitrogens is 3. The van der Waals surface area contributed by atoms with Crippen LogP contribution in [-0.2, 0) is 11.2 Å². The highest BCUT2D eigenvalue weighted by Gasteiger charge is 2.31. The molecule has 1 aliphatic heterocycles. The summed E-state index contributed by atoms with van der Waals surface area (Å²) in [6.07, 6.45) is 1.86. The number of fused-ring (bicyclic) bond motifs is 1. The summed E-state index contributed by atoms with van der Waals surface area (Å²) in [5.41, 5.74) is 2.49. The van der Waals surface area contributed by atoms with Crippen LogP contribution in [-0.4, -0.2) is 31.9 Å². The van der Waals surface area contributed by atoms with Crippen LogP contribution in [0.1, 0.15) is 35.8 Å². The molecule has 2 aromatic heterocycles. The van der Waals surface area contributed by atoms with Gasteiger partial charge in [-0.3, -0.25) is 14.7 Å². The molecule has 1 saturated heterocycles. The van der Waals surface area contributed by atoms with Gasteiger partial charge < -0.3 is 4.90 Å². The zero-order valence-electron chi connectivity index (χ0n) is 14.4. The van der Waals surface area contributed by atoms with Crippen LogP contribution in [0.25, 0.3) is 5.65 Å². The second kappa shape index (κ2) is 6.40. The van der Waals surface area contributed by atoms with Crippen molar-refractivity contribution in [1.82, 2.24) is 19.5 Å². The van der Waals surface area contributed by atoms with E-state index in [-0.39, 0.29) is 29.7 Å². The normalized spacial score (nSPS) is 17.2. The lowest BCUT2D eigenvalue weighted by Gasteiger charge is -2.24. The van der Waals surface area contributed by atoms with Gasteiger partial charge in [-0.1, -0.05) is 12.1 Å². The molecule has 1 N–H and O–H groups in total. The second-order valence-electron chi connectivity index (χ2n) is 6.69. The molecule has 7 heteroatoms. The maximum absolute atomic E-state index is 13.4. The number of carbonyl (C=O) groups is 1. The number of benzene rings is 1. The van der Waals surface area contributed by atoms with E-state index in [0.717, 1.165) is 18.5 Å². The number of rotatable bonds is 3. The molecule has 1 aliphatic rings. The first kappa shape index (κ1) is 16.5. The summed E-state index contributed by atoms with van der Waals surface area (Å²) in [7, 11) is 0. The van der Waals surface area contributed by atoms with Crippen molar-refractivity contribution in [3.8, 4) is 0 Å². The average Bonchev–Trinajstić information content (AvgIpc) is 3.20. The number of carbonyl (C=O) groups excluding carboxylic acids is 1. The lowest BCUT2D eigenvalue weighted by molar-refractivity contribution is -0.131. The molecule has 6 nitrogen and oxygen atoms in total. The second-order valence-corrected chi connectivity index (χ2v) is 6.69. The molecular weight excluding hydrogens is 335 g/mol. The van der Waals surface area contributed by atoms with Crippen LogP contribution >= 0.6 is 0 Å². The molecule has 0 spiro atoms. The number of amides is 1. The third kappa shape index (κ3) is 3.00. The van der Waals surface area contributed by atoms with E-state index in [1.807, 2.05) is 6.07 Å². The minimum absolute atomic E-state index is 0.0479. The van der Waals surface area contributed by atoms with Gasteiger partial charge in [0.25, 0.3) is 5.56 Å². The van der Waals surface area contributed by atoms with E-state index >= 15 is 0 Å². The van der Waals surface area contributed by atoms with Crippen molar-refractivity contribution in [3.63, 3.8) is 0 Å². The van der Waals surface area contributed by atoms with Gasteiger partial charge >= 0.3 is 0 Å². The van der Waals surface area contributed by atoms with Crippen molar-refractivity contribution in [2.45, 2.75) is 32.2 Å². The third-order valence-corrected chi connectivity index (χ3v) is 4.77. The predicted octanol–water partition coefficient (Wildman–Crippen LogP) is 2.38. The Labute approximate surface area is 149 Å². The standard InChI is InChI=1S/C19H19FN4O2/c1-12-8-19(26)24-17(21-12)11-15(22-24)16-6-3-7-23(16)18(25)10-13-4-2-5-14(20)9-13/h2,4-5,8-9,11,16,22H,3,6-7,10H2,1H3. The lowest BCUT2D eigenvalue weighted by Crippen LogP contribution is -2.32. The average molecular weight is 354 g/mol. The highest BCUT2D eigenvalue weighted by molar-refractivity contribution is 5.79. The molecular formula is C19H19FN4O2. The van der Waals surface area contributed by atoms with Crippen molar-refractivity contribution in [3.05, 3.63) is 69.5 Å². The fraction of sp³-hybridized carbons (Fsp3) is 0.316. The van der Waals surface area contributed by atoms with Gasteiger partial charge in [-0.25, -0.2) is 13.9 Å². The largest absolute Gasteiger partial charge is 0.334 e. The summed E-state index contributed by atoms with van der Waals surface area (Å²) in [6.45, 7) is 2.42. The summed E-state index contributed by atoms with van der Waals surface area (Å²) in [5.74, 6) is -0.391. The first-order chi connectivity index (χ1) is 12.5. The predicted molar refractivity (Wildman–Crippen MR) is 94.3 cm³/mol. The zero-order valence-corrected chi connectivity index (χ0v) is 14.4. The van der Waals surface area contributed by atoms with Crippen LogP contribution in [0.4, 0.5) is 4.39 Å². The quantitative estimate of drug-likeness (QED) is 0.785. The topological polar surface area (TPSA) is 70.5 Å². The number of aromatic amines is 1. The monoisotopic (exact) mass is 354 g/mol. The maximum atomic E-state index is 13.4. The van der Waals surface area contributed by atoms with Crippen LogP contribution in [0.3, 0.4) is 0 Å². The SMILES string of the molecule is Cc1cc(=O)n2[nH]c(C3CCCN3C(=O)Cc3cccc(F)c3)cc2n1. The molecule has 26 heavy (non-hydrogen) atoms. The van der Waals surface area contributed by atoms with E-state index in [4.69, 9.17) is 0 Å². The molecule has 1 amide bonds. The first-order valence-electron chi connectivity index (χ1n) is 8.64. The van der Waals surface area contributed by atoms with Crippen LogP contribution in [0.2, 0.25) is 0 Å². The zero-order chi connectivity index (χ0) is 18.3. The third-order valence-electron chi connectivity index (χ3n) is 4.77. The lowest BCUT2D eigenvalue weighted by atomic mass is 10.1. The highest BCUT2D eigenvalue weighted by Crippen LogP contribution is 2.31. The van der Waals surface area contributed by atoms with Crippen molar-refractivity contribution >= 4 is 11.6 Å². The van der Waals surface area contributed by atoms with E-state index < -0.39 is 0 Å². The maximum Gasteiger partial charge on any atom is 0.272 e. The van der Waals surface area contributed by atoms with Gasteiger partial charge in [0, 0.05) is 24.4 Å². The van der Waals surface area contributed by atoms with Gasteiger partial charge in [0.1, 0.15) is 5.82 Å². The van der Waals surface area contributed by atoms with Gasteiger partial charge in [0.2, 0.25) is 5.91 Å². The number of aryl methyl sites for hydroxylation is 1. The van der Waals surface area contributed by atoms with E-state index in [1.165, 1.54) is 22.7 Å². The minimum atomic E-state index is -0.343. The van der Waals surface area contributed by atoms with Crippen molar-refractivity contribution in [2.75, 3.05) is 6.54 Å². The van der Waals surface area contributed by atoms with Crippen molar-refractivity contribution in [1.29, 1.82) is 0 Å². The Kier molecular flexibility index (Phi) is 4.06. The van der Waals surface area contributed by atoms with Gasteiger partial charge in [0.15, 0.2) is 5.65 Å². The molecule has 134 valence electrons. The number of likely N-dealkylation sites (tertiary alicyclic amines) is 1. The Bertz CT molecular complexity index is 1040. The summed E-state index contributed by atoms with van der Waals surface area (Å²) < 4.78 is 14.8. The summed E-state index contributed by atoms with van der Waals surface area (Å²) >= 11 is 0. The first-order valence-corrected chi connectivity index (χ1v) is 8.64. The Morgan fingerprint density at radius 3 is 3.00 bits per heavy atom. The Morgan fingerprint density at radius 1 is 1.35 bits per heavy atom. The molecule has 3 heterocycles. The summed E-state index contributed by atoms with van der Waals surface area (Å²) in [6, 6.07) is 9.28. The fourth-order valence-electron chi connectivity index (χ4n) is 3.61. The minimum Gasteiger partial charge on any atom is -0.334 e. The molecule has 3 aromatic rings. The molecule has 0 bridgehead atoms. The Hall–Kier alpha value is -2.96. The van der Waals surface area contributed by atoms with Gasteiger partial charge in [-0.05, 0) is 37.5 Å². The number of nitrogens with one attached hydrogen (secondary N) is 1. The number of H-pyrrole nitrogens is 1. The van der Waals surface area contributed by atoms with Crippen molar-refractivity contribution in [2.24, 2.45) is 0 Å². The number of nitrogens with zero attached hydrogens (tertiary/aromatic N) is 3. The van der Waals surface area contributed by atoms with Crippen LogP contribution < -0.4 is 5.56 Å². The van der Waals surface area contributed by atoms with Crippen LogP contribution in [0.15, 0.2) is 41.2 Å². The Morgan fingerprint density at radius 2 is 2.19 bits per heavy atom. The number of halogens is 1. The molecule has 0 saturated carbocycles. The van der Waals surface area contributed by atoms with Gasteiger partial charge in [-0.15, -0.1) is 0 Å². The van der Waals surface area contributed by atoms with Crippen molar-refractivity contribution < 1.29 is 9.18 Å². The van der Waals surface area contributed by atoms with Crippen LogP contribution in [0, 0.1) is 12.7 Å². The highest BCUT2D eigenvalue weighted by atomic mass is 19.1. The van der Waals surface area contributed by atoms with E-state index in [2.05, 4.69) is 10.1 Å². The van der Waals surface area contributed by atoms with Gasteiger partial charge in [0.05, 0.1) is 18.2 Å². The van der Waals surface area contributed by atoms with Gasteiger partial charge in [-0.2, -0.15) is 0 Å². The van der Waals surface area contributed by atoms with Crippen LogP contribution in [0.5, 0.6) is 0 Å². The molecule has 4 rings (SSSR count). The number of hydrogen-bond acceptors (Lipinski definition) is 3. The molecule has 0 aliphatic carbocycles.